The third kappa shape index (κ3) is 2.08. The van der Waals surface area contributed by atoms with Crippen molar-refractivity contribution in [3.63, 3.8) is 0 Å². The molecule has 0 unspecified atom stereocenters. The molecular formula is C16H18OSi. The fraction of sp³-hybridized carbons (Fsp3) is 0.250. The Balaban J connectivity index is 2.18. The van der Waals surface area contributed by atoms with Crippen molar-refractivity contribution in [1.29, 1.82) is 0 Å². The molecule has 0 aliphatic carbocycles. The Kier molecular flexibility index (Phi) is 2.56. The standard InChI is InChI=1S/C16H18OSi/c1-18(2,3)11-12-8-9-16-14(10-12)13-6-4-5-7-15(13)17-16/h4-10H,11H2,1-3H3. The normalized spacial score (nSPS) is 12.4. The minimum absolute atomic E-state index is 0.984. The molecule has 0 atom stereocenters. The van der Waals surface area contributed by atoms with E-state index in [2.05, 4.69) is 50.0 Å². The molecular weight excluding hydrogens is 236 g/mol. The van der Waals surface area contributed by atoms with Crippen molar-refractivity contribution in [3.05, 3.63) is 48.0 Å². The zero-order valence-electron chi connectivity index (χ0n) is 11.2. The van der Waals surface area contributed by atoms with Gasteiger partial charge in [-0.25, -0.2) is 0 Å². The van der Waals surface area contributed by atoms with Crippen LogP contribution in [0.5, 0.6) is 0 Å². The number of hydrogen-bond acceptors (Lipinski definition) is 1. The van der Waals surface area contributed by atoms with Gasteiger partial charge < -0.3 is 4.42 Å². The van der Waals surface area contributed by atoms with Crippen molar-refractivity contribution in [2.75, 3.05) is 0 Å². The Labute approximate surface area is 108 Å². The number of benzene rings is 2. The molecule has 0 radical (unpaired) electrons. The minimum atomic E-state index is -1.06. The van der Waals surface area contributed by atoms with Crippen molar-refractivity contribution in [3.8, 4) is 0 Å². The van der Waals surface area contributed by atoms with Crippen LogP contribution < -0.4 is 0 Å². The van der Waals surface area contributed by atoms with Crippen LogP contribution in [0.1, 0.15) is 5.56 Å². The van der Waals surface area contributed by atoms with Crippen LogP contribution in [0.2, 0.25) is 19.6 Å². The van der Waals surface area contributed by atoms with Gasteiger partial charge in [0.1, 0.15) is 11.2 Å². The Morgan fingerprint density at radius 2 is 1.61 bits per heavy atom. The minimum Gasteiger partial charge on any atom is -0.456 e. The van der Waals surface area contributed by atoms with Crippen molar-refractivity contribution in [2.24, 2.45) is 0 Å². The smallest absolute Gasteiger partial charge is 0.135 e. The average molecular weight is 254 g/mol. The van der Waals surface area contributed by atoms with Crippen molar-refractivity contribution in [2.45, 2.75) is 25.7 Å². The van der Waals surface area contributed by atoms with Gasteiger partial charge in [-0.1, -0.05) is 43.9 Å². The highest BCUT2D eigenvalue weighted by atomic mass is 28.3. The highest BCUT2D eigenvalue weighted by Gasteiger charge is 2.15. The van der Waals surface area contributed by atoms with Crippen LogP contribution in [-0.2, 0) is 6.04 Å². The molecule has 0 saturated carbocycles. The fourth-order valence-electron chi connectivity index (χ4n) is 2.50. The second-order valence-electron chi connectivity index (χ2n) is 6.17. The Morgan fingerprint density at radius 3 is 2.39 bits per heavy atom. The summed E-state index contributed by atoms with van der Waals surface area (Å²) in [4.78, 5) is 0. The predicted molar refractivity (Wildman–Crippen MR) is 80.8 cm³/mol. The third-order valence-electron chi connectivity index (χ3n) is 3.18. The lowest BCUT2D eigenvalue weighted by atomic mass is 10.1. The summed E-state index contributed by atoms with van der Waals surface area (Å²) >= 11 is 0. The van der Waals surface area contributed by atoms with Gasteiger partial charge in [0.2, 0.25) is 0 Å². The van der Waals surface area contributed by atoms with Crippen LogP contribution in [0, 0.1) is 0 Å². The van der Waals surface area contributed by atoms with Gasteiger partial charge in [0.15, 0.2) is 0 Å². The Morgan fingerprint density at radius 1 is 0.889 bits per heavy atom. The van der Waals surface area contributed by atoms with E-state index >= 15 is 0 Å². The second-order valence-corrected chi connectivity index (χ2v) is 11.6. The van der Waals surface area contributed by atoms with Gasteiger partial charge in [-0.2, -0.15) is 0 Å². The van der Waals surface area contributed by atoms with Gasteiger partial charge in [0, 0.05) is 18.8 Å². The molecule has 92 valence electrons. The monoisotopic (exact) mass is 254 g/mol. The molecule has 1 heterocycles. The van der Waals surface area contributed by atoms with Gasteiger partial charge in [0.05, 0.1) is 0 Å². The zero-order valence-corrected chi connectivity index (χ0v) is 12.2. The molecule has 0 aliphatic rings. The molecule has 3 aromatic rings. The van der Waals surface area contributed by atoms with E-state index < -0.39 is 8.07 Å². The molecule has 0 aliphatic heterocycles. The number of rotatable bonds is 2. The van der Waals surface area contributed by atoms with Crippen molar-refractivity contribution >= 4 is 30.0 Å². The van der Waals surface area contributed by atoms with Gasteiger partial charge in [0.25, 0.3) is 0 Å². The average Bonchev–Trinajstić information content (AvgIpc) is 2.65. The summed E-state index contributed by atoms with van der Waals surface area (Å²) in [6.45, 7) is 7.22. The van der Waals surface area contributed by atoms with E-state index in [0.717, 1.165) is 11.2 Å². The first kappa shape index (κ1) is 11.5. The van der Waals surface area contributed by atoms with E-state index in [-0.39, 0.29) is 0 Å². The number of fused-ring (bicyclic) bond motifs is 3. The lowest BCUT2D eigenvalue weighted by molar-refractivity contribution is 0.669. The first-order chi connectivity index (χ1) is 8.53. The molecule has 1 aromatic heterocycles. The van der Waals surface area contributed by atoms with Crippen LogP contribution in [0.25, 0.3) is 21.9 Å². The van der Waals surface area contributed by atoms with Crippen LogP contribution in [0.4, 0.5) is 0 Å². The van der Waals surface area contributed by atoms with Crippen LogP contribution in [0.3, 0.4) is 0 Å². The molecule has 2 heteroatoms. The summed E-state index contributed by atoms with van der Waals surface area (Å²) < 4.78 is 5.85. The number of hydrogen-bond donors (Lipinski definition) is 0. The molecule has 2 aromatic carbocycles. The molecule has 1 nitrogen and oxygen atoms in total. The largest absolute Gasteiger partial charge is 0.456 e. The molecule has 0 saturated heterocycles. The maximum Gasteiger partial charge on any atom is 0.135 e. The molecule has 0 spiro atoms. The summed E-state index contributed by atoms with van der Waals surface area (Å²) in [5.74, 6) is 0. The van der Waals surface area contributed by atoms with E-state index in [9.17, 15) is 0 Å². The summed E-state index contributed by atoms with van der Waals surface area (Å²) in [5, 5.41) is 2.48. The van der Waals surface area contributed by atoms with E-state index in [1.807, 2.05) is 12.1 Å². The summed E-state index contributed by atoms with van der Waals surface area (Å²) in [5.41, 5.74) is 3.42. The Bertz CT molecular complexity index is 704. The lowest BCUT2D eigenvalue weighted by Crippen LogP contribution is -2.23. The highest BCUT2D eigenvalue weighted by Crippen LogP contribution is 2.29. The molecule has 0 bridgehead atoms. The maximum absolute atomic E-state index is 5.85. The van der Waals surface area contributed by atoms with Gasteiger partial charge in [-0.3, -0.25) is 0 Å². The van der Waals surface area contributed by atoms with Gasteiger partial charge in [-0.05, 0) is 29.8 Å². The number of furan rings is 1. The molecule has 0 N–H and O–H groups in total. The first-order valence-corrected chi connectivity index (χ1v) is 10.1. The van der Waals surface area contributed by atoms with E-state index in [0.29, 0.717) is 0 Å². The van der Waals surface area contributed by atoms with Gasteiger partial charge >= 0.3 is 0 Å². The second kappa shape index (κ2) is 3.99. The van der Waals surface area contributed by atoms with E-state index in [1.165, 1.54) is 22.4 Å². The first-order valence-electron chi connectivity index (χ1n) is 6.43. The van der Waals surface area contributed by atoms with Crippen molar-refractivity contribution in [1.82, 2.24) is 0 Å². The quantitative estimate of drug-likeness (QED) is 0.586. The lowest BCUT2D eigenvalue weighted by Gasteiger charge is -2.15. The zero-order chi connectivity index (χ0) is 12.8. The highest BCUT2D eigenvalue weighted by molar-refractivity contribution is 6.75. The summed E-state index contributed by atoms with van der Waals surface area (Å²) in [6.07, 6.45) is 0. The Hall–Kier alpha value is -1.54. The summed E-state index contributed by atoms with van der Waals surface area (Å²) in [6, 6.07) is 16.1. The number of para-hydroxylation sites is 1. The third-order valence-corrected chi connectivity index (χ3v) is 4.64. The van der Waals surface area contributed by atoms with Crippen LogP contribution >= 0.6 is 0 Å². The maximum atomic E-state index is 5.85. The van der Waals surface area contributed by atoms with E-state index in [4.69, 9.17) is 4.42 Å². The predicted octanol–water partition coefficient (Wildman–Crippen LogP) is 5.01. The fourth-order valence-corrected chi connectivity index (χ4v) is 3.94. The van der Waals surface area contributed by atoms with Crippen LogP contribution in [0.15, 0.2) is 46.9 Å². The molecule has 3 rings (SSSR count). The SMILES string of the molecule is C[Si](C)(C)Cc1ccc2oc3ccccc3c2c1. The molecule has 0 fully saturated rings. The van der Waals surface area contributed by atoms with E-state index in [1.54, 1.807) is 0 Å². The van der Waals surface area contributed by atoms with Crippen LogP contribution in [-0.4, -0.2) is 8.07 Å². The van der Waals surface area contributed by atoms with Crippen molar-refractivity contribution < 1.29 is 4.42 Å². The van der Waals surface area contributed by atoms with Gasteiger partial charge in [-0.15, -0.1) is 0 Å². The molecule has 18 heavy (non-hydrogen) atoms. The molecule has 0 amide bonds. The summed E-state index contributed by atoms with van der Waals surface area (Å²) in [7, 11) is -1.06. The topological polar surface area (TPSA) is 13.1 Å².